The molecular formula is C11H17ClN2O. The summed E-state index contributed by atoms with van der Waals surface area (Å²) in [4.78, 5) is 8.55. The lowest BCUT2D eigenvalue weighted by molar-refractivity contribution is 0.0492. The van der Waals surface area contributed by atoms with Gasteiger partial charge in [-0.05, 0) is 26.3 Å². The van der Waals surface area contributed by atoms with Gasteiger partial charge < -0.3 is 4.74 Å². The Morgan fingerprint density at radius 2 is 2.13 bits per heavy atom. The van der Waals surface area contributed by atoms with E-state index in [2.05, 4.69) is 16.9 Å². The molecule has 0 aromatic carbocycles. The summed E-state index contributed by atoms with van der Waals surface area (Å²) in [7, 11) is 0. The number of hydrogen-bond acceptors (Lipinski definition) is 3. The van der Waals surface area contributed by atoms with Gasteiger partial charge in [0.1, 0.15) is 11.3 Å². The molecular weight excluding hydrogens is 212 g/mol. The number of nitrogens with zero attached hydrogens (tertiary/aromatic N) is 2. The van der Waals surface area contributed by atoms with Crippen molar-refractivity contribution in [3.05, 3.63) is 22.7 Å². The molecule has 1 aromatic heterocycles. The molecule has 1 heterocycles. The van der Waals surface area contributed by atoms with E-state index in [1.165, 1.54) is 0 Å². The maximum absolute atomic E-state index is 5.89. The van der Waals surface area contributed by atoms with Gasteiger partial charge in [0.2, 0.25) is 0 Å². The molecule has 84 valence electrons. The first kappa shape index (κ1) is 12.4. The van der Waals surface area contributed by atoms with Gasteiger partial charge in [-0.3, -0.25) is 0 Å². The third-order valence-electron chi connectivity index (χ3n) is 2.05. The molecule has 1 rings (SSSR count). The predicted octanol–water partition coefficient (Wildman–Crippen LogP) is 3.32. The van der Waals surface area contributed by atoms with Gasteiger partial charge in [-0.1, -0.05) is 24.9 Å². The minimum absolute atomic E-state index is 0.0302. The van der Waals surface area contributed by atoms with Crippen LogP contribution in [0.2, 0.25) is 5.15 Å². The summed E-state index contributed by atoms with van der Waals surface area (Å²) in [5.41, 5.74) is 0.880. The molecule has 0 N–H and O–H groups in total. The number of hydrogen-bond donors (Lipinski definition) is 0. The minimum atomic E-state index is -0.0302. The van der Waals surface area contributed by atoms with Crippen molar-refractivity contribution < 1.29 is 4.74 Å². The number of rotatable bonds is 5. The summed E-state index contributed by atoms with van der Waals surface area (Å²) in [5.74, 6) is 0.698. The van der Waals surface area contributed by atoms with Crippen molar-refractivity contribution in [1.82, 2.24) is 9.97 Å². The van der Waals surface area contributed by atoms with Crippen LogP contribution < -0.4 is 0 Å². The van der Waals surface area contributed by atoms with Crippen LogP contribution in [-0.4, -0.2) is 16.6 Å². The Morgan fingerprint density at radius 1 is 1.40 bits per heavy atom. The molecule has 0 aliphatic carbocycles. The first-order valence-corrected chi connectivity index (χ1v) is 5.67. The van der Waals surface area contributed by atoms with Crippen LogP contribution in [0.3, 0.4) is 0 Å². The Morgan fingerprint density at radius 3 is 2.67 bits per heavy atom. The molecule has 0 amide bonds. The van der Waals surface area contributed by atoms with E-state index in [9.17, 15) is 0 Å². The van der Waals surface area contributed by atoms with Crippen molar-refractivity contribution in [1.29, 1.82) is 0 Å². The van der Waals surface area contributed by atoms with Crippen molar-refractivity contribution in [2.45, 2.75) is 39.7 Å². The third-order valence-corrected chi connectivity index (χ3v) is 2.24. The molecule has 1 atom stereocenters. The molecule has 3 nitrogen and oxygen atoms in total. The van der Waals surface area contributed by atoms with Gasteiger partial charge in [0.15, 0.2) is 5.82 Å². The Kier molecular flexibility index (Phi) is 4.99. The molecule has 0 saturated heterocycles. The maximum atomic E-state index is 5.89. The van der Waals surface area contributed by atoms with Gasteiger partial charge in [0.05, 0.1) is 0 Å². The summed E-state index contributed by atoms with van der Waals surface area (Å²) >= 11 is 5.89. The van der Waals surface area contributed by atoms with Crippen LogP contribution in [0.15, 0.2) is 6.07 Å². The van der Waals surface area contributed by atoms with E-state index >= 15 is 0 Å². The molecule has 0 aliphatic heterocycles. The van der Waals surface area contributed by atoms with E-state index in [0.29, 0.717) is 17.6 Å². The summed E-state index contributed by atoms with van der Waals surface area (Å²) in [6.07, 6.45) is 1.94. The average Bonchev–Trinajstić information content (AvgIpc) is 2.16. The standard InChI is InChI=1S/C11H17ClN2O/c1-4-6-9(15-5-2)11-13-8(3)7-10(12)14-11/h7,9H,4-6H2,1-3H3. The number of halogens is 1. The van der Waals surface area contributed by atoms with Gasteiger partial charge in [-0.2, -0.15) is 0 Å². The Bertz CT molecular complexity index is 291. The van der Waals surface area contributed by atoms with E-state index < -0.39 is 0 Å². The van der Waals surface area contributed by atoms with Crippen molar-refractivity contribution in [2.24, 2.45) is 0 Å². The minimum Gasteiger partial charge on any atom is -0.371 e. The molecule has 1 aromatic rings. The zero-order chi connectivity index (χ0) is 11.3. The Hall–Kier alpha value is -0.670. The van der Waals surface area contributed by atoms with E-state index in [-0.39, 0.29) is 6.10 Å². The number of aryl methyl sites for hydroxylation is 1. The lowest BCUT2D eigenvalue weighted by atomic mass is 10.2. The van der Waals surface area contributed by atoms with Crippen molar-refractivity contribution in [3.8, 4) is 0 Å². The summed E-state index contributed by atoms with van der Waals surface area (Å²) < 4.78 is 5.59. The highest BCUT2D eigenvalue weighted by Crippen LogP contribution is 2.21. The molecule has 0 fully saturated rings. The van der Waals surface area contributed by atoms with Crippen LogP contribution in [0, 0.1) is 6.92 Å². The fourth-order valence-corrected chi connectivity index (χ4v) is 1.69. The van der Waals surface area contributed by atoms with Crippen molar-refractivity contribution in [2.75, 3.05) is 6.61 Å². The second kappa shape index (κ2) is 6.03. The topological polar surface area (TPSA) is 35.0 Å². The molecule has 1 unspecified atom stereocenters. The predicted molar refractivity (Wildman–Crippen MR) is 61.1 cm³/mol. The van der Waals surface area contributed by atoms with E-state index in [1.54, 1.807) is 6.07 Å². The summed E-state index contributed by atoms with van der Waals surface area (Å²) in [6, 6.07) is 1.75. The van der Waals surface area contributed by atoms with Crippen LogP contribution in [0.5, 0.6) is 0 Å². The normalized spacial score (nSPS) is 12.8. The maximum Gasteiger partial charge on any atom is 0.159 e. The summed E-state index contributed by atoms with van der Waals surface area (Å²) in [6.45, 7) is 6.66. The monoisotopic (exact) mass is 228 g/mol. The Balaban J connectivity index is 2.88. The van der Waals surface area contributed by atoms with Crippen LogP contribution in [-0.2, 0) is 4.74 Å². The highest BCUT2D eigenvalue weighted by molar-refractivity contribution is 6.29. The fraction of sp³-hybridized carbons (Fsp3) is 0.636. The van der Waals surface area contributed by atoms with Gasteiger partial charge in [-0.15, -0.1) is 0 Å². The smallest absolute Gasteiger partial charge is 0.159 e. The summed E-state index contributed by atoms with van der Waals surface area (Å²) in [5, 5.41) is 0.485. The molecule has 15 heavy (non-hydrogen) atoms. The Labute approximate surface area is 95.8 Å². The fourth-order valence-electron chi connectivity index (χ4n) is 1.45. The zero-order valence-electron chi connectivity index (χ0n) is 9.46. The first-order chi connectivity index (χ1) is 7.17. The molecule has 0 aliphatic rings. The van der Waals surface area contributed by atoms with E-state index in [1.807, 2.05) is 13.8 Å². The SMILES string of the molecule is CCCC(OCC)c1nc(C)cc(Cl)n1. The molecule has 0 saturated carbocycles. The second-order valence-electron chi connectivity index (χ2n) is 3.42. The van der Waals surface area contributed by atoms with Crippen molar-refractivity contribution in [3.63, 3.8) is 0 Å². The van der Waals surface area contributed by atoms with Gasteiger partial charge >= 0.3 is 0 Å². The van der Waals surface area contributed by atoms with Crippen LogP contribution in [0.25, 0.3) is 0 Å². The third kappa shape index (κ3) is 3.76. The van der Waals surface area contributed by atoms with E-state index in [4.69, 9.17) is 16.3 Å². The van der Waals surface area contributed by atoms with Crippen molar-refractivity contribution >= 4 is 11.6 Å². The van der Waals surface area contributed by atoms with E-state index in [0.717, 1.165) is 18.5 Å². The largest absolute Gasteiger partial charge is 0.371 e. The quantitative estimate of drug-likeness (QED) is 0.726. The highest BCUT2D eigenvalue weighted by Gasteiger charge is 2.14. The number of ether oxygens (including phenoxy) is 1. The molecule has 0 radical (unpaired) electrons. The van der Waals surface area contributed by atoms with Gasteiger partial charge in [-0.25, -0.2) is 9.97 Å². The highest BCUT2D eigenvalue weighted by atomic mass is 35.5. The van der Waals surface area contributed by atoms with Crippen LogP contribution >= 0.6 is 11.6 Å². The van der Waals surface area contributed by atoms with Gasteiger partial charge in [0, 0.05) is 12.3 Å². The van der Waals surface area contributed by atoms with Gasteiger partial charge in [0.25, 0.3) is 0 Å². The molecule has 0 spiro atoms. The second-order valence-corrected chi connectivity index (χ2v) is 3.81. The lowest BCUT2D eigenvalue weighted by Gasteiger charge is -2.15. The molecule has 0 bridgehead atoms. The van der Waals surface area contributed by atoms with Crippen LogP contribution in [0.4, 0.5) is 0 Å². The lowest BCUT2D eigenvalue weighted by Crippen LogP contribution is -2.09. The average molecular weight is 229 g/mol. The first-order valence-electron chi connectivity index (χ1n) is 5.30. The van der Waals surface area contributed by atoms with Crippen LogP contribution in [0.1, 0.15) is 44.3 Å². The number of aromatic nitrogens is 2. The molecule has 4 heteroatoms. The zero-order valence-corrected chi connectivity index (χ0v) is 10.2.